The van der Waals surface area contributed by atoms with Gasteiger partial charge >= 0.3 is 11.9 Å². The second kappa shape index (κ2) is 8.09. The summed E-state index contributed by atoms with van der Waals surface area (Å²) in [5.74, 6) is -0.971. The standard InChI is InChI=1S/C13H24O4/c1-6-10(7-2)12(14)17-11(9(4)5)13(15)16-8-3/h9-11H,6-8H2,1-5H3. The van der Waals surface area contributed by atoms with Crippen molar-refractivity contribution in [2.45, 2.75) is 53.6 Å². The molecule has 4 nitrogen and oxygen atoms in total. The van der Waals surface area contributed by atoms with Gasteiger partial charge in [-0.1, -0.05) is 27.7 Å². The van der Waals surface area contributed by atoms with Crippen LogP contribution in [-0.2, 0) is 19.1 Å². The molecular formula is C13H24O4. The molecule has 100 valence electrons. The fraction of sp³-hybridized carbons (Fsp3) is 0.846. The van der Waals surface area contributed by atoms with Crippen LogP contribution in [0.4, 0.5) is 0 Å². The molecule has 0 aliphatic heterocycles. The lowest BCUT2D eigenvalue weighted by atomic mass is 10.0. The maximum atomic E-state index is 11.8. The Kier molecular flexibility index (Phi) is 7.59. The fourth-order valence-electron chi connectivity index (χ4n) is 1.52. The number of hydrogen-bond donors (Lipinski definition) is 0. The molecule has 0 aromatic rings. The first-order valence-corrected chi connectivity index (χ1v) is 6.34. The van der Waals surface area contributed by atoms with E-state index in [1.165, 1.54) is 0 Å². The molecule has 17 heavy (non-hydrogen) atoms. The topological polar surface area (TPSA) is 52.6 Å². The smallest absolute Gasteiger partial charge is 0.347 e. The van der Waals surface area contributed by atoms with Crippen molar-refractivity contribution >= 4 is 11.9 Å². The SMILES string of the molecule is CCOC(=O)C(OC(=O)C(CC)CC)C(C)C. The van der Waals surface area contributed by atoms with Crippen molar-refractivity contribution in [1.82, 2.24) is 0 Å². The Morgan fingerprint density at radius 2 is 1.53 bits per heavy atom. The van der Waals surface area contributed by atoms with Gasteiger partial charge in [0.25, 0.3) is 0 Å². The Labute approximate surface area is 104 Å². The Morgan fingerprint density at radius 3 is 1.88 bits per heavy atom. The third kappa shape index (κ3) is 5.20. The summed E-state index contributed by atoms with van der Waals surface area (Å²) in [6, 6.07) is 0. The molecule has 0 fully saturated rings. The van der Waals surface area contributed by atoms with Crippen LogP contribution < -0.4 is 0 Å². The first kappa shape index (κ1) is 15.9. The molecule has 4 heteroatoms. The Hall–Kier alpha value is -1.06. The van der Waals surface area contributed by atoms with E-state index in [-0.39, 0.29) is 17.8 Å². The van der Waals surface area contributed by atoms with Gasteiger partial charge in [0.1, 0.15) is 0 Å². The summed E-state index contributed by atoms with van der Waals surface area (Å²) in [7, 11) is 0. The lowest BCUT2D eigenvalue weighted by Gasteiger charge is -2.21. The first-order chi connectivity index (χ1) is 7.97. The molecule has 0 rings (SSSR count). The van der Waals surface area contributed by atoms with Crippen molar-refractivity contribution in [3.63, 3.8) is 0 Å². The van der Waals surface area contributed by atoms with Gasteiger partial charge in [0.05, 0.1) is 12.5 Å². The van der Waals surface area contributed by atoms with Crippen molar-refractivity contribution < 1.29 is 19.1 Å². The van der Waals surface area contributed by atoms with Crippen LogP contribution in [0.1, 0.15) is 47.5 Å². The highest BCUT2D eigenvalue weighted by Gasteiger charge is 2.29. The van der Waals surface area contributed by atoms with Gasteiger partial charge in [-0.15, -0.1) is 0 Å². The van der Waals surface area contributed by atoms with Gasteiger partial charge in [-0.3, -0.25) is 4.79 Å². The van der Waals surface area contributed by atoms with Crippen LogP contribution >= 0.6 is 0 Å². The molecule has 0 aromatic carbocycles. The van der Waals surface area contributed by atoms with Gasteiger partial charge in [0, 0.05) is 5.92 Å². The lowest BCUT2D eigenvalue weighted by Crippen LogP contribution is -2.35. The Balaban J connectivity index is 4.54. The van der Waals surface area contributed by atoms with E-state index in [1.54, 1.807) is 6.92 Å². The van der Waals surface area contributed by atoms with Crippen LogP contribution in [0.5, 0.6) is 0 Å². The molecule has 0 saturated carbocycles. The van der Waals surface area contributed by atoms with Crippen molar-refractivity contribution in [2.75, 3.05) is 6.61 Å². The highest BCUT2D eigenvalue weighted by Crippen LogP contribution is 2.15. The number of esters is 2. The van der Waals surface area contributed by atoms with Crippen LogP contribution in [0.2, 0.25) is 0 Å². The van der Waals surface area contributed by atoms with E-state index < -0.39 is 12.1 Å². The summed E-state index contributed by atoms with van der Waals surface area (Å²) < 4.78 is 10.2. The van der Waals surface area contributed by atoms with Crippen molar-refractivity contribution in [1.29, 1.82) is 0 Å². The average Bonchev–Trinajstić information content (AvgIpc) is 2.27. The van der Waals surface area contributed by atoms with Crippen LogP contribution in [0.25, 0.3) is 0 Å². The van der Waals surface area contributed by atoms with Gasteiger partial charge in [-0.25, -0.2) is 4.79 Å². The van der Waals surface area contributed by atoms with E-state index in [0.29, 0.717) is 6.61 Å². The number of rotatable bonds is 7. The molecule has 0 spiro atoms. The van der Waals surface area contributed by atoms with Gasteiger partial charge in [-0.05, 0) is 19.8 Å². The van der Waals surface area contributed by atoms with E-state index in [1.807, 2.05) is 27.7 Å². The van der Waals surface area contributed by atoms with E-state index in [9.17, 15) is 9.59 Å². The minimum absolute atomic E-state index is 0.0765. The molecule has 0 aliphatic rings. The second-order valence-electron chi connectivity index (χ2n) is 4.37. The number of carbonyl (C=O) groups is 2. The average molecular weight is 244 g/mol. The van der Waals surface area contributed by atoms with E-state index >= 15 is 0 Å². The van der Waals surface area contributed by atoms with Crippen molar-refractivity contribution in [3.8, 4) is 0 Å². The van der Waals surface area contributed by atoms with Gasteiger partial charge in [0.15, 0.2) is 0 Å². The number of ether oxygens (including phenoxy) is 2. The highest BCUT2D eigenvalue weighted by atomic mass is 16.6. The predicted octanol–water partition coefficient (Wildman–Crippen LogP) is 2.55. The maximum Gasteiger partial charge on any atom is 0.347 e. The molecule has 0 aromatic heterocycles. The molecule has 0 N–H and O–H groups in total. The van der Waals surface area contributed by atoms with E-state index in [0.717, 1.165) is 12.8 Å². The summed E-state index contributed by atoms with van der Waals surface area (Å²) in [4.78, 5) is 23.4. The molecule has 0 saturated heterocycles. The monoisotopic (exact) mass is 244 g/mol. The zero-order chi connectivity index (χ0) is 13.4. The van der Waals surface area contributed by atoms with Crippen LogP contribution in [0, 0.1) is 11.8 Å². The largest absolute Gasteiger partial charge is 0.463 e. The molecule has 0 radical (unpaired) electrons. The van der Waals surface area contributed by atoms with Crippen molar-refractivity contribution in [3.05, 3.63) is 0 Å². The predicted molar refractivity (Wildman–Crippen MR) is 65.4 cm³/mol. The van der Waals surface area contributed by atoms with E-state index in [2.05, 4.69) is 0 Å². The molecular weight excluding hydrogens is 220 g/mol. The Morgan fingerprint density at radius 1 is 1.00 bits per heavy atom. The molecule has 0 heterocycles. The molecule has 1 unspecified atom stereocenters. The zero-order valence-corrected chi connectivity index (χ0v) is 11.5. The van der Waals surface area contributed by atoms with Crippen LogP contribution in [-0.4, -0.2) is 24.6 Å². The molecule has 0 amide bonds. The van der Waals surface area contributed by atoms with Gasteiger partial charge in [-0.2, -0.15) is 0 Å². The zero-order valence-electron chi connectivity index (χ0n) is 11.5. The molecule has 0 aliphatic carbocycles. The summed E-state index contributed by atoms with van der Waals surface area (Å²) in [5.41, 5.74) is 0. The first-order valence-electron chi connectivity index (χ1n) is 6.34. The third-order valence-electron chi connectivity index (χ3n) is 2.69. The minimum Gasteiger partial charge on any atom is -0.463 e. The normalized spacial score (nSPS) is 12.6. The summed E-state index contributed by atoms with van der Waals surface area (Å²) in [6.45, 7) is 9.57. The highest BCUT2D eigenvalue weighted by molar-refractivity contribution is 5.80. The second-order valence-corrected chi connectivity index (χ2v) is 4.37. The fourth-order valence-corrected chi connectivity index (χ4v) is 1.52. The number of carbonyl (C=O) groups excluding carboxylic acids is 2. The van der Waals surface area contributed by atoms with E-state index in [4.69, 9.17) is 9.47 Å². The number of hydrogen-bond acceptors (Lipinski definition) is 4. The van der Waals surface area contributed by atoms with Crippen LogP contribution in [0.3, 0.4) is 0 Å². The minimum atomic E-state index is -0.789. The van der Waals surface area contributed by atoms with Gasteiger partial charge in [0.2, 0.25) is 6.10 Å². The lowest BCUT2D eigenvalue weighted by molar-refractivity contribution is -0.173. The summed E-state index contributed by atoms with van der Waals surface area (Å²) in [6.07, 6.45) is 0.662. The Bertz CT molecular complexity index is 244. The van der Waals surface area contributed by atoms with Gasteiger partial charge < -0.3 is 9.47 Å². The van der Waals surface area contributed by atoms with Crippen molar-refractivity contribution in [2.24, 2.45) is 11.8 Å². The molecule has 1 atom stereocenters. The van der Waals surface area contributed by atoms with Crippen LogP contribution in [0.15, 0.2) is 0 Å². The summed E-state index contributed by atoms with van der Waals surface area (Å²) in [5, 5.41) is 0. The maximum absolute atomic E-state index is 11.8. The quantitative estimate of drug-likeness (QED) is 0.646. The third-order valence-corrected chi connectivity index (χ3v) is 2.69. The summed E-state index contributed by atoms with van der Waals surface area (Å²) >= 11 is 0. The molecule has 0 bridgehead atoms.